The van der Waals surface area contributed by atoms with Crippen molar-refractivity contribution in [1.29, 1.82) is 0 Å². The second-order valence-electron chi connectivity index (χ2n) is 7.97. The third kappa shape index (κ3) is 7.27. The standard InChI is InChI=1S/C17H31N3O4/c1-12(2)6-7-18-15(21)14-8-13(9-19-23)10-20(11-14)16(22)24-17(3,4)5/h12-14H,6-11H2,1-5H3,(H,18,21)/t13-,14+/m1/s1. The molecule has 7 heteroatoms. The van der Waals surface area contributed by atoms with Crippen molar-refractivity contribution < 1.29 is 14.3 Å². The van der Waals surface area contributed by atoms with Gasteiger partial charge in [0.1, 0.15) is 5.60 Å². The Labute approximate surface area is 144 Å². The molecule has 1 heterocycles. The van der Waals surface area contributed by atoms with E-state index in [4.69, 9.17) is 4.74 Å². The number of amides is 2. The molecule has 7 nitrogen and oxygen atoms in total. The van der Waals surface area contributed by atoms with Gasteiger partial charge in [0.25, 0.3) is 0 Å². The zero-order chi connectivity index (χ0) is 18.3. The molecule has 0 aromatic carbocycles. The Hall–Kier alpha value is -1.66. The maximum absolute atomic E-state index is 12.4. The van der Waals surface area contributed by atoms with Crippen LogP contribution in [0.4, 0.5) is 4.79 Å². The molecule has 0 radical (unpaired) electrons. The SMILES string of the molecule is CC(C)CCNC(=O)[C@H]1C[C@H](CN=O)CN(C(=O)OC(C)(C)C)C1. The molecule has 0 saturated carbocycles. The summed E-state index contributed by atoms with van der Waals surface area (Å²) < 4.78 is 5.39. The summed E-state index contributed by atoms with van der Waals surface area (Å²) in [5.74, 6) is 0.0107. The van der Waals surface area contributed by atoms with Gasteiger partial charge in [-0.2, -0.15) is 4.91 Å². The Morgan fingerprint density at radius 1 is 1.29 bits per heavy atom. The third-order valence-electron chi connectivity index (χ3n) is 3.91. The van der Waals surface area contributed by atoms with E-state index in [-0.39, 0.29) is 24.3 Å². The molecule has 1 aliphatic rings. The third-order valence-corrected chi connectivity index (χ3v) is 3.91. The lowest BCUT2D eigenvalue weighted by Gasteiger charge is -2.37. The van der Waals surface area contributed by atoms with E-state index >= 15 is 0 Å². The minimum Gasteiger partial charge on any atom is -0.444 e. The minimum absolute atomic E-state index is 0.0696. The van der Waals surface area contributed by atoms with E-state index in [0.29, 0.717) is 32.0 Å². The molecule has 1 N–H and O–H groups in total. The summed E-state index contributed by atoms with van der Waals surface area (Å²) in [6, 6.07) is 0. The topological polar surface area (TPSA) is 88.1 Å². The largest absolute Gasteiger partial charge is 0.444 e. The highest BCUT2D eigenvalue weighted by molar-refractivity contribution is 5.80. The van der Waals surface area contributed by atoms with Gasteiger partial charge in [0.2, 0.25) is 5.91 Å². The molecule has 0 aromatic heterocycles. The van der Waals surface area contributed by atoms with Crippen LogP contribution in [0.3, 0.4) is 0 Å². The van der Waals surface area contributed by atoms with E-state index in [1.54, 1.807) is 20.8 Å². The summed E-state index contributed by atoms with van der Waals surface area (Å²) in [6.45, 7) is 11.0. The first-order chi connectivity index (χ1) is 11.1. The summed E-state index contributed by atoms with van der Waals surface area (Å²) in [5.41, 5.74) is -0.595. The highest BCUT2D eigenvalue weighted by Gasteiger charge is 2.35. The van der Waals surface area contributed by atoms with Gasteiger partial charge in [-0.3, -0.25) is 4.79 Å². The van der Waals surface area contributed by atoms with Gasteiger partial charge in [0.05, 0.1) is 12.5 Å². The second kappa shape index (κ2) is 8.99. The molecule has 1 saturated heterocycles. The predicted octanol–water partition coefficient (Wildman–Crippen LogP) is 2.79. The number of rotatable bonds is 6. The van der Waals surface area contributed by atoms with Crippen molar-refractivity contribution in [2.45, 2.75) is 53.1 Å². The lowest BCUT2D eigenvalue weighted by molar-refractivity contribution is -0.127. The van der Waals surface area contributed by atoms with Crippen molar-refractivity contribution in [1.82, 2.24) is 10.2 Å². The van der Waals surface area contributed by atoms with E-state index in [0.717, 1.165) is 6.42 Å². The molecule has 0 unspecified atom stereocenters. The van der Waals surface area contributed by atoms with E-state index in [1.807, 2.05) is 0 Å². The first kappa shape index (κ1) is 20.4. The zero-order valence-electron chi connectivity index (χ0n) is 15.5. The summed E-state index contributed by atoms with van der Waals surface area (Å²) in [7, 11) is 0. The van der Waals surface area contributed by atoms with Crippen LogP contribution in [-0.2, 0) is 9.53 Å². The van der Waals surface area contributed by atoms with Crippen LogP contribution in [0.1, 0.15) is 47.5 Å². The van der Waals surface area contributed by atoms with Crippen molar-refractivity contribution in [3.63, 3.8) is 0 Å². The van der Waals surface area contributed by atoms with E-state index in [1.165, 1.54) is 4.90 Å². The molecular weight excluding hydrogens is 310 g/mol. The van der Waals surface area contributed by atoms with Gasteiger partial charge in [-0.15, -0.1) is 0 Å². The van der Waals surface area contributed by atoms with Crippen LogP contribution in [0.2, 0.25) is 0 Å². The van der Waals surface area contributed by atoms with Crippen LogP contribution in [0.15, 0.2) is 5.18 Å². The Morgan fingerprint density at radius 2 is 1.96 bits per heavy atom. The number of likely N-dealkylation sites (tertiary alicyclic amines) is 1. The lowest BCUT2D eigenvalue weighted by atomic mass is 9.88. The van der Waals surface area contributed by atoms with Gasteiger partial charge in [-0.25, -0.2) is 4.79 Å². The number of ether oxygens (including phenoxy) is 1. The number of nitroso groups, excluding NO2 is 1. The molecule has 0 bridgehead atoms. The number of hydrogen-bond donors (Lipinski definition) is 1. The van der Waals surface area contributed by atoms with Gasteiger partial charge < -0.3 is 15.0 Å². The van der Waals surface area contributed by atoms with Gasteiger partial charge in [0, 0.05) is 25.6 Å². The highest BCUT2D eigenvalue weighted by Crippen LogP contribution is 2.24. The maximum Gasteiger partial charge on any atom is 0.410 e. The van der Waals surface area contributed by atoms with Gasteiger partial charge in [0.15, 0.2) is 0 Å². The predicted molar refractivity (Wildman–Crippen MR) is 92.5 cm³/mol. The highest BCUT2D eigenvalue weighted by atomic mass is 16.6. The monoisotopic (exact) mass is 341 g/mol. The van der Waals surface area contributed by atoms with Gasteiger partial charge in [-0.05, 0) is 39.5 Å². The van der Waals surface area contributed by atoms with Gasteiger partial charge in [-0.1, -0.05) is 19.0 Å². The van der Waals surface area contributed by atoms with E-state index in [2.05, 4.69) is 24.3 Å². The van der Waals surface area contributed by atoms with Gasteiger partial charge >= 0.3 is 6.09 Å². The second-order valence-corrected chi connectivity index (χ2v) is 7.97. The van der Waals surface area contributed by atoms with Crippen molar-refractivity contribution in [3.8, 4) is 0 Å². The molecule has 0 aliphatic carbocycles. The number of nitrogens with zero attached hydrogens (tertiary/aromatic N) is 2. The molecule has 1 fully saturated rings. The van der Waals surface area contributed by atoms with Crippen molar-refractivity contribution in [2.24, 2.45) is 22.9 Å². The summed E-state index contributed by atoms with van der Waals surface area (Å²) in [5, 5.41) is 5.87. The quantitative estimate of drug-likeness (QED) is 0.752. The van der Waals surface area contributed by atoms with Crippen LogP contribution in [0.25, 0.3) is 0 Å². The van der Waals surface area contributed by atoms with Crippen molar-refractivity contribution >= 4 is 12.0 Å². The molecule has 0 spiro atoms. The van der Waals surface area contributed by atoms with Crippen LogP contribution in [0.5, 0.6) is 0 Å². The molecule has 0 aromatic rings. The fourth-order valence-electron chi connectivity index (χ4n) is 2.74. The minimum atomic E-state index is -0.595. The molecule has 2 atom stereocenters. The average Bonchev–Trinajstić information content (AvgIpc) is 2.45. The lowest BCUT2D eigenvalue weighted by Crippen LogP contribution is -2.50. The molecule has 1 rings (SSSR count). The smallest absolute Gasteiger partial charge is 0.410 e. The fraction of sp³-hybridized carbons (Fsp3) is 0.882. The normalized spacial score (nSPS) is 21.5. The van der Waals surface area contributed by atoms with Crippen LogP contribution < -0.4 is 5.32 Å². The van der Waals surface area contributed by atoms with Crippen LogP contribution in [-0.4, -0.2) is 48.7 Å². The Balaban J connectivity index is 2.69. The first-order valence-electron chi connectivity index (χ1n) is 8.67. The molecular formula is C17H31N3O4. The molecule has 138 valence electrons. The molecule has 24 heavy (non-hydrogen) atoms. The molecule has 1 aliphatic heterocycles. The summed E-state index contributed by atoms with van der Waals surface area (Å²) >= 11 is 0. The zero-order valence-corrected chi connectivity index (χ0v) is 15.5. The van der Waals surface area contributed by atoms with Crippen molar-refractivity contribution in [2.75, 3.05) is 26.2 Å². The fourth-order valence-corrected chi connectivity index (χ4v) is 2.74. The van der Waals surface area contributed by atoms with Crippen LogP contribution in [0, 0.1) is 22.7 Å². The number of hydrogen-bond acceptors (Lipinski definition) is 5. The van der Waals surface area contributed by atoms with E-state index < -0.39 is 11.7 Å². The van der Waals surface area contributed by atoms with E-state index in [9.17, 15) is 14.5 Å². The van der Waals surface area contributed by atoms with Crippen LogP contribution >= 0.6 is 0 Å². The Bertz CT molecular complexity index is 446. The first-order valence-corrected chi connectivity index (χ1v) is 8.67. The maximum atomic E-state index is 12.4. The number of carbonyl (C=O) groups is 2. The molecule has 2 amide bonds. The van der Waals surface area contributed by atoms with Crippen molar-refractivity contribution in [3.05, 3.63) is 4.91 Å². The number of piperidine rings is 1. The number of carbonyl (C=O) groups excluding carboxylic acids is 2. The average molecular weight is 341 g/mol. The summed E-state index contributed by atoms with van der Waals surface area (Å²) in [4.78, 5) is 36.8. The Kier molecular flexibility index (Phi) is 7.63. The Morgan fingerprint density at radius 3 is 2.50 bits per heavy atom. The summed E-state index contributed by atoms with van der Waals surface area (Å²) in [6.07, 6.45) is 1.03. The number of nitrogens with one attached hydrogen (secondary N) is 1.